The molecule has 1 unspecified atom stereocenters. The first-order valence-electron chi connectivity index (χ1n) is 15.7. The van der Waals surface area contributed by atoms with Crippen LogP contribution in [0.4, 0.5) is 26.3 Å². The molecule has 0 spiro atoms. The van der Waals surface area contributed by atoms with E-state index in [1.165, 1.54) is 24.3 Å². The first kappa shape index (κ1) is 36.0. The molecule has 1 atom stereocenters. The van der Waals surface area contributed by atoms with Crippen molar-refractivity contribution in [1.29, 1.82) is 0 Å². The molecule has 2 aliphatic rings. The van der Waals surface area contributed by atoms with Crippen LogP contribution in [-0.4, -0.2) is 4.21 Å². The second-order valence-corrected chi connectivity index (χ2v) is 26.3. The molecule has 9 heteroatoms. The zero-order chi connectivity index (χ0) is 33.5. The first-order chi connectivity index (χ1) is 22.9. The molecule has 8 rings (SSSR count). The molecule has 0 N–H and O–H groups in total. The van der Waals surface area contributed by atoms with E-state index >= 15 is 0 Å². The summed E-state index contributed by atoms with van der Waals surface area (Å²) in [4.78, 5) is 0. The van der Waals surface area contributed by atoms with Gasteiger partial charge in [-0.15, -0.1) is 0 Å². The number of fused-ring (bicyclic) bond motifs is 8. The molecule has 6 aromatic rings. The van der Waals surface area contributed by atoms with Crippen LogP contribution < -0.4 is 31.4 Å². The second kappa shape index (κ2) is 12.5. The maximum absolute atomic E-state index is 14.5. The summed E-state index contributed by atoms with van der Waals surface area (Å²) in [5, 5.41) is 3.90. The maximum Gasteiger partial charge on any atom is -1.00 e. The molecule has 252 valence electrons. The molecule has 0 bridgehead atoms. The van der Waals surface area contributed by atoms with E-state index in [0.29, 0.717) is 13.0 Å². The summed E-state index contributed by atoms with van der Waals surface area (Å²) in [6.07, 6.45) is -3.28. The molecule has 6 aromatic carbocycles. The van der Waals surface area contributed by atoms with Gasteiger partial charge in [0.1, 0.15) is 0 Å². The van der Waals surface area contributed by atoms with Crippen molar-refractivity contribution in [1.82, 2.24) is 0 Å². The SMILES string of the molecule is [CH2]=[Zr+2]([C]1=CC=CC1)([c]1cccc(C(F)(F)F)c1)([c]1cccc(C(F)(F)F)c1)[CH]1c2ccccc2-c2c1c1ccccc1c1ccccc21.[Cl-].[Cl-]. The number of rotatable bonds is 4. The van der Waals surface area contributed by atoms with Gasteiger partial charge in [0.2, 0.25) is 0 Å². The van der Waals surface area contributed by atoms with E-state index in [1.54, 1.807) is 12.1 Å². The van der Waals surface area contributed by atoms with E-state index in [-0.39, 0.29) is 24.8 Å². The molecular weight excluding hydrogens is 769 g/mol. The second-order valence-electron chi connectivity index (χ2n) is 12.9. The Morgan fingerprint density at radius 2 is 1.08 bits per heavy atom. The zero-order valence-corrected chi connectivity index (χ0v) is 30.3. The van der Waals surface area contributed by atoms with Gasteiger partial charge in [-0.3, -0.25) is 0 Å². The maximum atomic E-state index is 14.5. The fourth-order valence-corrected chi connectivity index (χ4v) is 25.7. The van der Waals surface area contributed by atoms with Crippen LogP contribution >= 0.6 is 0 Å². The van der Waals surface area contributed by atoms with Crippen LogP contribution in [0.1, 0.15) is 32.3 Å². The molecule has 0 fully saturated rings. The predicted octanol–water partition coefficient (Wildman–Crippen LogP) is 4.72. The Morgan fingerprint density at radius 1 is 0.580 bits per heavy atom. The van der Waals surface area contributed by atoms with Crippen LogP contribution in [0.2, 0.25) is 0 Å². The van der Waals surface area contributed by atoms with E-state index in [4.69, 9.17) is 4.21 Å². The van der Waals surface area contributed by atoms with Crippen molar-refractivity contribution in [2.24, 2.45) is 0 Å². The van der Waals surface area contributed by atoms with Crippen LogP contribution in [-0.2, 0) is 30.7 Å². The molecule has 0 heterocycles. The minimum Gasteiger partial charge on any atom is -1.00 e. The van der Waals surface area contributed by atoms with Crippen LogP contribution in [0.3, 0.4) is 0 Å². The van der Waals surface area contributed by atoms with Gasteiger partial charge in [-0.2, -0.15) is 0 Å². The molecule has 0 aliphatic heterocycles. The van der Waals surface area contributed by atoms with Gasteiger partial charge in [0.05, 0.1) is 0 Å². The fraction of sp³-hybridized carbons (Fsp3) is 0.0976. The van der Waals surface area contributed by atoms with Gasteiger partial charge >= 0.3 is 276 Å². The Labute approximate surface area is 298 Å². The Kier molecular flexibility index (Phi) is 8.99. The van der Waals surface area contributed by atoms with Gasteiger partial charge in [0.25, 0.3) is 0 Å². The van der Waals surface area contributed by atoms with Crippen molar-refractivity contribution in [3.05, 3.63) is 165 Å². The molecule has 0 amide bonds. The average molecular weight is 797 g/mol. The van der Waals surface area contributed by atoms with E-state index in [9.17, 15) is 26.3 Å². The number of benzene rings is 6. The first-order valence-corrected chi connectivity index (χ1v) is 22.5. The van der Waals surface area contributed by atoms with Crippen LogP contribution in [0, 0.1) is 0 Å². The van der Waals surface area contributed by atoms with E-state index in [2.05, 4.69) is 12.1 Å². The normalized spacial score (nSPS) is 15.2. The van der Waals surface area contributed by atoms with Gasteiger partial charge in [0, 0.05) is 0 Å². The summed E-state index contributed by atoms with van der Waals surface area (Å²) in [6.45, 7) is 0. The molecule has 0 aromatic heterocycles. The third-order valence-corrected chi connectivity index (χ3v) is 27.8. The molecule has 0 saturated heterocycles. The third kappa shape index (κ3) is 5.03. The average Bonchev–Trinajstić information content (AvgIpc) is 3.76. The molecule has 2 aliphatic carbocycles. The minimum absolute atomic E-state index is 0. The summed E-state index contributed by atoms with van der Waals surface area (Å²) in [6, 6.07) is 34.4. The van der Waals surface area contributed by atoms with Crippen LogP contribution in [0.25, 0.3) is 32.7 Å². The predicted molar refractivity (Wildman–Crippen MR) is 180 cm³/mol. The summed E-state index contributed by atoms with van der Waals surface area (Å²) >= 11 is -6.04. The zero-order valence-electron chi connectivity index (χ0n) is 26.3. The number of halogens is 8. The van der Waals surface area contributed by atoms with Gasteiger partial charge in [0.15, 0.2) is 0 Å². The summed E-state index contributed by atoms with van der Waals surface area (Å²) in [5.74, 6) is 0. The molecule has 50 heavy (non-hydrogen) atoms. The molecular formula is C41H28Cl2F6Zr. The van der Waals surface area contributed by atoms with Crippen molar-refractivity contribution in [2.75, 3.05) is 0 Å². The summed E-state index contributed by atoms with van der Waals surface area (Å²) < 4.78 is 93.4. The Hall–Kier alpha value is -3.77. The van der Waals surface area contributed by atoms with Crippen molar-refractivity contribution < 1.29 is 69.5 Å². The van der Waals surface area contributed by atoms with Crippen molar-refractivity contribution in [3.8, 4) is 11.1 Å². The smallest absolute Gasteiger partial charge is 1.00 e. The quantitative estimate of drug-likeness (QED) is 0.179. The summed E-state index contributed by atoms with van der Waals surface area (Å²) in [7, 11) is 0. The van der Waals surface area contributed by atoms with E-state index in [0.717, 1.165) is 59.2 Å². The van der Waals surface area contributed by atoms with Crippen molar-refractivity contribution in [3.63, 3.8) is 0 Å². The number of allylic oxidation sites excluding steroid dienone is 4. The van der Waals surface area contributed by atoms with Gasteiger partial charge in [-0.1, -0.05) is 0 Å². The van der Waals surface area contributed by atoms with Crippen molar-refractivity contribution >= 4 is 32.3 Å². The number of alkyl halides is 6. The molecule has 0 radical (unpaired) electrons. The topological polar surface area (TPSA) is 0 Å². The minimum atomic E-state index is -6.04. The largest absolute Gasteiger partial charge is 1.00 e. The molecule has 0 saturated carbocycles. The Balaban J connectivity index is 0.00000216. The number of hydrogen-bond acceptors (Lipinski definition) is 0. The summed E-state index contributed by atoms with van der Waals surface area (Å²) in [5.41, 5.74) is 1.97. The van der Waals surface area contributed by atoms with E-state index < -0.39 is 45.4 Å². The van der Waals surface area contributed by atoms with Crippen LogP contribution in [0.15, 0.2) is 143 Å². The van der Waals surface area contributed by atoms with Crippen LogP contribution in [0.5, 0.6) is 0 Å². The van der Waals surface area contributed by atoms with Gasteiger partial charge in [-0.25, -0.2) is 0 Å². The number of hydrogen-bond donors (Lipinski definition) is 0. The van der Waals surface area contributed by atoms with Crippen molar-refractivity contribution in [2.45, 2.75) is 22.4 Å². The fourth-order valence-electron chi connectivity index (χ4n) is 8.58. The van der Waals surface area contributed by atoms with Gasteiger partial charge in [-0.05, 0) is 0 Å². The Bertz CT molecular complexity index is 2380. The third-order valence-electron chi connectivity index (χ3n) is 10.6. The standard InChI is InChI=1S/C21H13.2C7H4F3.C5H5.CH2.2ClH.Zr/c1-2-8-15-14(7-1)13-20-18-11-4-3-9-16(18)17-10-5-6-12-19(17)21(15)20;2*8-7(9,10)6-4-2-1-3-5-6;1-2-4-5-3-1;;;;/h1-13H;2*1-2,4-5H;1-3H,4H2;1H2;2*1H;/q;;;;;;;+2/p-2. The van der Waals surface area contributed by atoms with Gasteiger partial charge < -0.3 is 24.8 Å². The molecule has 0 nitrogen and oxygen atoms in total. The van der Waals surface area contributed by atoms with E-state index in [1.807, 2.05) is 78.9 Å². The Morgan fingerprint density at radius 3 is 1.62 bits per heavy atom. The monoisotopic (exact) mass is 794 g/mol.